The van der Waals surface area contributed by atoms with Gasteiger partial charge in [0.1, 0.15) is 12.1 Å². The van der Waals surface area contributed by atoms with Crippen LogP contribution in [0.15, 0.2) is 24.8 Å². The van der Waals surface area contributed by atoms with Crippen molar-refractivity contribution in [2.45, 2.75) is 57.3 Å². The molecular weight excluding hydrogens is 372 g/mol. The summed E-state index contributed by atoms with van der Waals surface area (Å²) in [6.45, 7) is 7.10. The molecule has 2 aliphatic rings. The molecule has 0 unspecified atom stereocenters. The van der Waals surface area contributed by atoms with Crippen LogP contribution in [0.2, 0.25) is 0 Å². The second-order valence-electron chi connectivity index (χ2n) is 8.46. The van der Waals surface area contributed by atoms with Gasteiger partial charge in [-0.05, 0) is 32.3 Å². The van der Waals surface area contributed by atoms with Gasteiger partial charge in [-0.1, -0.05) is 0 Å². The SMILES string of the molecule is CC(=O)N[C@H]1COC2(CCN(c3cc(-n4cc(C)cn4)ncn3)CC2)C[C@]1(C)O. The number of carbonyl (C=O) groups excluding carboxylic acids is 1. The Labute approximate surface area is 170 Å². The molecule has 2 atom stereocenters. The molecule has 9 heteroatoms. The second kappa shape index (κ2) is 7.38. The van der Waals surface area contributed by atoms with Crippen molar-refractivity contribution >= 4 is 11.7 Å². The Bertz CT molecular complexity index is 888. The quantitative estimate of drug-likeness (QED) is 0.791. The maximum atomic E-state index is 11.4. The molecule has 1 amide bonds. The van der Waals surface area contributed by atoms with Crippen molar-refractivity contribution in [2.75, 3.05) is 24.6 Å². The van der Waals surface area contributed by atoms with Crippen LogP contribution in [0.3, 0.4) is 0 Å². The van der Waals surface area contributed by atoms with E-state index in [0.29, 0.717) is 13.0 Å². The van der Waals surface area contributed by atoms with Crippen molar-refractivity contribution in [2.24, 2.45) is 0 Å². The van der Waals surface area contributed by atoms with Crippen LogP contribution in [-0.4, -0.2) is 67.7 Å². The number of amides is 1. The van der Waals surface area contributed by atoms with Gasteiger partial charge in [0.25, 0.3) is 0 Å². The van der Waals surface area contributed by atoms with E-state index >= 15 is 0 Å². The van der Waals surface area contributed by atoms with Gasteiger partial charge in [0, 0.05) is 38.7 Å². The number of carbonyl (C=O) groups is 1. The number of aliphatic hydroxyl groups is 1. The molecule has 0 aliphatic carbocycles. The van der Waals surface area contributed by atoms with E-state index in [1.54, 1.807) is 24.1 Å². The van der Waals surface area contributed by atoms with Crippen molar-refractivity contribution < 1.29 is 14.6 Å². The summed E-state index contributed by atoms with van der Waals surface area (Å²) in [6, 6.07) is 1.56. The van der Waals surface area contributed by atoms with Gasteiger partial charge in [-0.25, -0.2) is 14.6 Å². The third kappa shape index (κ3) is 4.11. The minimum atomic E-state index is -0.994. The normalized spacial score (nSPS) is 26.5. The first kappa shape index (κ1) is 19.8. The number of hydrogen-bond acceptors (Lipinski definition) is 7. The number of aromatic nitrogens is 4. The van der Waals surface area contributed by atoms with Crippen LogP contribution in [0.4, 0.5) is 5.82 Å². The molecular formula is C20H28N6O3. The van der Waals surface area contributed by atoms with Crippen molar-refractivity contribution in [1.29, 1.82) is 0 Å². The van der Waals surface area contributed by atoms with Crippen molar-refractivity contribution in [3.8, 4) is 5.82 Å². The number of hydrogen-bond donors (Lipinski definition) is 2. The lowest BCUT2D eigenvalue weighted by Crippen LogP contribution is -2.63. The van der Waals surface area contributed by atoms with E-state index in [4.69, 9.17) is 4.74 Å². The predicted octanol–water partition coefficient (Wildman–Crippen LogP) is 0.986. The highest BCUT2D eigenvalue weighted by Crippen LogP contribution is 2.40. The van der Waals surface area contributed by atoms with Gasteiger partial charge in [-0.2, -0.15) is 5.10 Å². The Morgan fingerprint density at radius 2 is 2.03 bits per heavy atom. The van der Waals surface area contributed by atoms with Gasteiger partial charge in [0.2, 0.25) is 5.91 Å². The molecule has 0 radical (unpaired) electrons. The highest BCUT2D eigenvalue weighted by molar-refractivity contribution is 5.73. The Hall–Kier alpha value is -2.52. The minimum absolute atomic E-state index is 0.156. The smallest absolute Gasteiger partial charge is 0.217 e. The minimum Gasteiger partial charge on any atom is -0.388 e. The molecule has 2 aliphatic heterocycles. The molecule has 0 saturated carbocycles. The molecule has 2 saturated heterocycles. The highest BCUT2D eigenvalue weighted by Gasteiger charge is 2.49. The molecule has 1 spiro atoms. The zero-order valence-corrected chi connectivity index (χ0v) is 17.1. The van der Waals surface area contributed by atoms with Crippen molar-refractivity contribution in [3.05, 3.63) is 30.4 Å². The molecule has 0 bridgehead atoms. The zero-order valence-electron chi connectivity index (χ0n) is 17.1. The number of aryl methyl sites for hydroxylation is 1. The molecule has 0 aromatic carbocycles. The molecule has 2 aromatic heterocycles. The van der Waals surface area contributed by atoms with Gasteiger partial charge < -0.3 is 20.1 Å². The van der Waals surface area contributed by atoms with Crippen molar-refractivity contribution in [3.63, 3.8) is 0 Å². The van der Waals surface area contributed by atoms with E-state index in [1.807, 2.05) is 19.2 Å². The summed E-state index contributed by atoms with van der Waals surface area (Å²) in [5, 5.41) is 18.0. The number of piperidine rings is 1. The average molecular weight is 400 g/mol. The summed E-state index contributed by atoms with van der Waals surface area (Å²) in [5.74, 6) is 1.44. The standard InChI is InChI=1S/C20H28N6O3/c1-14-9-23-26(10-14)18-8-17(21-13-22-18)25-6-4-20(5-7-25)12-19(3,28)16(11-29-20)24-15(2)27/h8-10,13,16,28H,4-7,11-12H2,1-3H3,(H,24,27)/t16-,19-/m0/s1. The average Bonchev–Trinajstić information content (AvgIpc) is 3.11. The van der Waals surface area contributed by atoms with Gasteiger partial charge in [-0.3, -0.25) is 4.79 Å². The van der Waals surface area contributed by atoms with Crippen LogP contribution >= 0.6 is 0 Å². The summed E-state index contributed by atoms with van der Waals surface area (Å²) in [7, 11) is 0. The van der Waals surface area contributed by atoms with E-state index in [9.17, 15) is 9.90 Å². The third-order valence-corrected chi connectivity index (χ3v) is 5.95. The van der Waals surface area contributed by atoms with Crippen LogP contribution < -0.4 is 10.2 Å². The fourth-order valence-electron chi connectivity index (χ4n) is 4.35. The van der Waals surface area contributed by atoms with Crippen LogP contribution in [0.25, 0.3) is 5.82 Å². The monoisotopic (exact) mass is 400 g/mol. The summed E-state index contributed by atoms with van der Waals surface area (Å²) < 4.78 is 7.93. The number of anilines is 1. The van der Waals surface area contributed by atoms with Gasteiger partial charge in [-0.15, -0.1) is 0 Å². The van der Waals surface area contributed by atoms with E-state index < -0.39 is 5.60 Å². The van der Waals surface area contributed by atoms with Crippen molar-refractivity contribution in [1.82, 2.24) is 25.1 Å². The van der Waals surface area contributed by atoms with E-state index in [2.05, 4.69) is 25.3 Å². The van der Waals surface area contributed by atoms with Crippen LogP contribution in [-0.2, 0) is 9.53 Å². The van der Waals surface area contributed by atoms with Crippen LogP contribution in [0, 0.1) is 6.92 Å². The molecule has 2 aromatic rings. The summed E-state index contributed by atoms with van der Waals surface area (Å²) in [6.07, 6.45) is 7.37. The third-order valence-electron chi connectivity index (χ3n) is 5.95. The fraction of sp³-hybridized carbons (Fsp3) is 0.600. The number of nitrogens with one attached hydrogen (secondary N) is 1. The number of rotatable bonds is 3. The lowest BCUT2D eigenvalue weighted by Gasteiger charge is -2.51. The first-order valence-corrected chi connectivity index (χ1v) is 9.98. The molecule has 4 rings (SSSR count). The summed E-state index contributed by atoms with van der Waals surface area (Å²) in [4.78, 5) is 22.4. The first-order valence-electron chi connectivity index (χ1n) is 9.98. The molecule has 2 N–H and O–H groups in total. The number of nitrogens with zero attached hydrogens (tertiary/aromatic N) is 5. The molecule has 156 valence electrons. The van der Waals surface area contributed by atoms with Gasteiger partial charge in [0.05, 0.1) is 30.0 Å². The Morgan fingerprint density at radius 1 is 1.31 bits per heavy atom. The molecule has 4 heterocycles. The topological polar surface area (TPSA) is 105 Å². The lowest BCUT2D eigenvalue weighted by atomic mass is 9.75. The second-order valence-corrected chi connectivity index (χ2v) is 8.46. The van der Waals surface area contributed by atoms with Gasteiger partial charge in [0.15, 0.2) is 5.82 Å². The molecule has 29 heavy (non-hydrogen) atoms. The van der Waals surface area contributed by atoms with E-state index in [0.717, 1.165) is 43.1 Å². The Morgan fingerprint density at radius 3 is 2.66 bits per heavy atom. The van der Waals surface area contributed by atoms with E-state index in [1.165, 1.54) is 6.92 Å². The molecule has 2 fully saturated rings. The number of ether oxygens (including phenoxy) is 1. The lowest BCUT2D eigenvalue weighted by molar-refractivity contribution is -0.180. The zero-order chi connectivity index (χ0) is 20.6. The van der Waals surface area contributed by atoms with Crippen LogP contribution in [0.5, 0.6) is 0 Å². The fourth-order valence-corrected chi connectivity index (χ4v) is 4.35. The van der Waals surface area contributed by atoms with Gasteiger partial charge >= 0.3 is 0 Å². The van der Waals surface area contributed by atoms with Crippen LogP contribution in [0.1, 0.15) is 38.7 Å². The largest absolute Gasteiger partial charge is 0.388 e. The molecule has 9 nitrogen and oxygen atoms in total. The Balaban J connectivity index is 1.43. The first-order chi connectivity index (χ1) is 13.8. The highest BCUT2D eigenvalue weighted by atomic mass is 16.5. The summed E-state index contributed by atoms with van der Waals surface area (Å²) >= 11 is 0. The summed E-state index contributed by atoms with van der Waals surface area (Å²) in [5.41, 5.74) is -0.292. The maximum absolute atomic E-state index is 11.4. The maximum Gasteiger partial charge on any atom is 0.217 e. The predicted molar refractivity (Wildman–Crippen MR) is 107 cm³/mol. The van der Waals surface area contributed by atoms with E-state index in [-0.39, 0.29) is 17.6 Å². The Kier molecular flexibility index (Phi) is 5.04.